The molecule has 0 spiro atoms. The van der Waals surface area contributed by atoms with Crippen molar-refractivity contribution in [3.05, 3.63) is 45.8 Å². The normalized spacial score (nSPS) is 18.1. The average Bonchev–Trinajstić information content (AvgIpc) is 3.29. The molecule has 9 nitrogen and oxygen atoms in total. The van der Waals surface area contributed by atoms with Crippen molar-refractivity contribution in [1.29, 1.82) is 0 Å². The summed E-state index contributed by atoms with van der Waals surface area (Å²) in [5.41, 5.74) is 4.70. The molecule has 1 amide bonds. The molecule has 2 fully saturated rings. The summed E-state index contributed by atoms with van der Waals surface area (Å²) in [4.78, 5) is 27.0. The Bertz CT molecular complexity index is 1320. The number of sulfonamides is 1. The number of esters is 1. The maximum Gasteiger partial charge on any atom is 0.309 e. The van der Waals surface area contributed by atoms with Gasteiger partial charge >= 0.3 is 5.97 Å². The van der Waals surface area contributed by atoms with Crippen molar-refractivity contribution in [1.82, 2.24) is 14.4 Å². The lowest BCUT2D eigenvalue weighted by atomic mass is 9.92. The summed E-state index contributed by atoms with van der Waals surface area (Å²) < 4.78 is 39.3. The van der Waals surface area contributed by atoms with Crippen LogP contribution in [-0.4, -0.2) is 67.4 Å². The van der Waals surface area contributed by atoms with Gasteiger partial charge in [-0.15, -0.1) is 0 Å². The van der Waals surface area contributed by atoms with Gasteiger partial charge in [-0.25, -0.2) is 8.42 Å². The average molecular weight is 558 g/mol. The van der Waals surface area contributed by atoms with Crippen molar-refractivity contribution < 1.29 is 27.3 Å². The summed E-state index contributed by atoms with van der Waals surface area (Å²) in [6.45, 7) is 11.4. The van der Waals surface area contributed by atoms with Crippen molar-refractivity contribution >= 4 is 34.1 Å². The van der Waals surface area contributed by atoms with Crippen LogP contribution in [0.5, 0.6) is 0 Å². The number of ether oxygens (including phenoxy) is 1. The highest BCUT2D eigenvalue weighted by molar-refractivity contribution is 7.89. The second-order valence-electron chi connectivity index (χ2n) is 10.6. The molecule has 0 bridgehead atoms. The molecule has 0 atom stereocenters. The molecule has 4 rings (SSSR count). The van der Waals surface area contributed by atoms with Gasteiger partial charge in [0, 0.05) is 32.1 Å². The fourth-order valence-corrected chi connectivity index (χ4v) is 7.46. The summed E-state index contributed by atoms with van der Waals surface area (Å²) in [5, 5.41) is 3.96. The Kier molecular flexibility index (Phi) is 8.96. The van der Waals surface area contributed by atoms with E-state index in [0.29, 0.717) is 51.1 Å². The molecule has 2 aliphatic heterocycles. The zero-order valence-corrected chi connectivity index (χ0v) is 24.3. The number of carbonyl (C=O) groups excluding carboxylic acids is 2. The maximum atomic E-state index is 13.7. The minimum Gasteiger partial charge on any atom is -0.466 e. The molecule has 2 aliphatic rings. The van der Waals surface area contributed by atoms with Crippen LogP contribution in [0.1, 0.15) is 66.3 Å². The minimum atomic E-state index is -3.86. The number of hydrogen-bond donors (Lipinski definition) is 0. The number of nitrogens with zero attached hydrogens (tertiary/aromatic N) is 3. The van der Waals surface area contributed by atoms with Gasteiger partial charge in [0.2, 0.25) is 15.9 Å². The summed E-state index contributed by atoms with van der Waals surface area (Å²) in [7, 11) is -3.86. The predicted molar refractivity (Wildman–Crippen MR) is 148 cm³/mol. The van der Waals surface area contributed by atoms with E-state index >= 15 is 0 Å². The number of aromatic nitrogens is 1. The fourth-order valence-electron chi connectivity index (χ4n) is 5.74. The van der Waals surface area contributed by atoms with Crippen LogP contribution in [0, 0.1) is 39.5 Å². The zero-order valence-electron chi connectivity index (χ0n) is 23.5. The smallest absolute Gasteiger partial charge is 0.309 e. The predicted octanol–water partition coefficient (Wildman–Crippen LogP) is 4.28. The molecule has 39 heavy (non-hydrogen) atoms. The van der Waals surface area contributed by atoms with E-state index in [1.807, 2.05) is 31.7 Å². The zero-order chi connectivity index (χ0) is 28.3. The first-order valence-corrected chi connectivity index (χ1v) is 15.1. The highest BCUT2D eigenvalue weighted by Gasteiger charge is 2.38. The molecule has 0 radical (unpaired) electrons. The molecule has 0 saturated carbocycles. The second kappa shape index (κ2) is 12.0. The van der Waals surface area contributed by atoms with E-state index in [-0.39, 0.29) is 47.5 Å². The van der Waals surface area contributed by atoms with E-state index in [4.69, 9.17) is 9.26 Å². The molecule has 0 N–H and O–H groups in total. The second-order valence-corrected chi connectivity index (χ2v) is 12.5. The third kappa shape index (κ3) is 6.27. The van der Waals surface area contributed by atoms with Gasteiger partial charge in [-0.05, 0) is 83.1 Å². The molecule has 0 unspecified atom stereocenters. The standard InChI is InChI=1S/C29H39N3O6S/c1-6-37-29(34)24-9-13-31(14-10-24)28(33)23-11-15-32(16-12-23)39(35,36)27-22(5)30-38-26(27)8-7-25-20(3)17-19(2)18-21(25)4/h7-8,17-18,23-24H,6,9-16H2,1-5H3/b8-7+. The SMILES string of the molecule is CCOC(=O)C1CCN(C(=O)C2CCN(S(=O)(=O)c3c(C)noc3/C=C/c3c(C)cc(C)cc3C)CC2)CC1. The minimum absolute atomic E-state index is 0.0444. The Balaban J connectivity index is 1.41. The van der Waals surface area contributed by atoms with Crippen molar-refractivity contribution in [2.24, 2.45) is 11.8 Å². The number of likely N-dealkylation sites (tertiary alicyclic amines) is 1. The van der Waals surface area contributed by atoms with Crippen LogP contribution < -0.4 is 0 Å². The first-order chi connectivity index (χ1) is 18.5. The van der Waals surface area contributed by atoms with Crippen LogP contribution in [-0.2, 0) is 24.3 Å². The molecule has 10 heteroatoms. The van der Waals surface area contributed by atoms with Crippen LogP contribution in [0.4, 0.5) is 0 Å². The van der Waals surface area contributed by atoms with Crippen molar-refractivity contribution in [2.45, 2.75) is 65.2 Å². The maximum absolute atomic E-state index is 13.7. The summed E-state index contributed by atoms with van der Waals surface area (Å²) in [5.74, 6) is -0.330. The third-order valence-corrected chi connectivity index (χ3v) is 9.86. The number of piperidine rings is 2. The fraction of sp³-hybridized carbons (Fsp3) is 0.552. The molecule has 2 aromatic rings. The van der Waals surface area contributed by atoms with Crippen molar-refractivity contribution in [3.63, 3.8) is 0 Å². The quantitative estimate of drug-likeness (QED) is 0.467. The number of rotatable bonds is 7. The van der Waals surface area contributed by atoms with Gasteiger partial charge in [0.25, 0.3) is 0 Å². The Hall–Kier alpha value is -2.98. The lowest BCUT2D eigenvalue weighted by molar-refractivity contribution is -0.152. The van der Waals surface area contributed by atoms with E-state index in [9.17, 15) is 18.0 Å². The third-order valence-electron chi connectivity index (χ3n) is 7.80. The van der Waals surface area contributed by atoms with Crippen LogP contribution in [0.15, 0.2) is 21.6 Å². The molecule has 1 aromatic heterocycles. The van der Waals surface area contributed by atoms with Gasteiger partial charge in [0.1, 0.15) is 5.69 Å². The van der Waals surface area contributed by atoms with Crippen LogP contribution in [0.25, 0.3) is 12.2 Å². The molecular formula is C29H39N3O6S. The Morgan fingerprint density at radius 1 is 0.974 bits per heavy atom. The first kappa shape index (κ1) is 29.0. The molecular weight excluding hydrogens is 518 g/mol. The van der Waals surface area contributed by atoms with Gasteiger partial charge in [-0.2, -0.15) is 4.31 Å². The lowest BCUT2D eigenvalue weighted by Crippen LogP contribution is -2.47. The first-order valence-electron chi connectivity index (χ1n) is 13.7. The van der Waals surface area contributed by atoms with E-state index < -0.39 is 10.0 Å². The Morgan fingerprint density at radius 3 is 2.15 bits per heavy atom. The van der Waals surface area contributed by atoms with E-state index in [1.165, 1.54) is 9.87 Å². The highest BCUT2D eigenvalue weighted by Crippen LogP contribution is 2.31. The molecule has 0 aliphatic carbocycles. The number of aryl methyl sites for hydroxylation is 4. The monoisotopic (exact) mass is 557 g/mol. The molecule has 1 aromatic carbocycles. The Labute approximate surface area is 231 Å². The van der Waals surface area contributed by atoms with Gasteiger partial charge < -0.3 is 14.2 Å². The topological polar surface area (TPSA) is 110 Å². The van der Waals surface area contributed by atoms with Gasteiger partial charge in [-0.1, -0.05) is 28.9 Å². The summed E-state index contributed by atoms with van der Waals surface area (Å²) in [6, 6.07) is 4.17. The number of carbonyl (C=O) groups is 2. The molecule has 2 saturated heterocycles. The highest BCUT2D eigenvalue weighted by atomic mass is 32.2. The summed E-state index contributed by atoms with van der Waals surface area (Å²) >= 11 is 0. The van der Waals surface area contributed by atoms with Gasteiger partial charge in [0.15, 0.2) is 10.7 Å². The van der Waals surface area contributed by atoms with E-state index in [2.05, 4.69) is 17.3 Å². The van der Waals surface area contributed by atoms with Crippen molar-refractivity contribution in [3.8, 4) is 0 Å². The summed E-state index contributed by atoms with van der Waals surface area (Å²) in [6.07, 6.45) is 5.65. The number of amides is 1. The van der Waals surface area contributed by atoms with E-state index in [1.54, 1.807) is 19.9 Å². The number of benzene rings is 1. The van der Waals surface area contributed by atoms with Gasteiger partial charge in [-0.3, -0.25) is 9.59 Å². The lowest BCUT2D eigenvalue weighted by Gasteiger charge is -2.36. The number of hydrogen-bond acceptors (Lipinski definition) is 7. The van der Waals surface area contributed by atoms with Crippen LogP contribution in [0.2, 0.25) is 0 Å². The van der Waals surface area contributed by atoms with Gasteiger partial charge in [0.05, 0.1) is 12.5 Å². The van der Waals surface area contributed by atoms with Crippen LogP contribution >= 0.6 is 0 Å². The van der Waals surface area contributed by atoms with Crippen LogP contribution in [0.3, 0.4) is 0 Å². The van der Waals surface area contributed by atoms with E-state index in [0.717, 1.165) is 16.7 Å². The Morgan fingerprint density at radius 2 is 1.56 bits per heavy atom. The largest absolute Gasteiger partial charge is 0.466 e. The van der Waals surface area contributed by atoms with Crippen molar-refractivity contribution in [2.75, 3.05) is 32.8 Å². The molecule has 212 valence electrons. The molecule has 3 heterocycles.